The van der Waals surface area contributed by atoms with Gasteiger partial charge in [0, 0.05) is 19.7 Å². The van der Waals surface area contributed by atoms with E-state index in [9.17, 15) is 0 Å². The van der Waals surface area contributed by atoms with Crippen LogP contribution in [0.25, 0.3) is 0 Å². The van der Waals surface area contributed by atoms with Gasteiger partial charge in [0.2, 0.25) is 0 Å². The molecule has 76 valence electrons. The highest BCUT2D eigenvalue weighted by Gasteiger charge is 1.99. The average Bonchev–Trinajstić information content (AvgIpc) is 2.13. The molecule has 0 atom stereocenters. The number of nitrogens with zero attached hydrogens (tertiary/aromatic N) is 1. The van der Waals surface area contributed by atoms with Gasteiger partial charge in [0.05, 0.1) is 12.9 Å². The summed E-state index contributed by atoms with van der Waals surface area (Å²) in [5.41, 5.74) is 5.58. The summed E-state index contributed by atoms with van der Waals surface area (Å²) in [6.07, 6.45) is 2.52. The normalized spacial score (nSPS) is 11.2. The first-order chi connectivity index (χ1) is 6.11. The topological polar surface area (TPSA) is 74.4 Å². The molecule has 5 nitrogen and oxygen atoms in total. The van der Waals surface area contributed by atoms with Gasteiger partial charge in [-0.15, -0.1) is 0 Å². The summed E-state index contributed by atoms with van der Waals surface area (Å²) in [6, 6.07) is 0. The number of nitrogens with two attached hydrogens (primary N) is 1. The van der Waals surface area contributed by atoms with Gasteiger partial charge in [-0.05, 0) is 6.42 Å². The van der Waals surface area contributed by atoms with E-state index in [1.54, 1.807) is 7.05 Å². The predicted octanol–water partition coefficient (Wildman–Crippen LogP) is 0.257. The lowest BCUT2D eigenvalue weighted by molar-refractivity contribution is -0.0415. The quantitative estimate of drug-likeness (QED) is 0.327. The van der Waals surface area contributed by atoms with Crippen LogP contribution in [0, 0.1) is 5.41 Å². The molecule has 0 aliphatic carbocycles. The Morgan fingerprint density at radius 2 is 2.31 bits per heavy atom. The van der Waals surface area contributed by atoms with Gasteiger partial charge in [0.25, 0.3) is 0 Å². The Labute approximate surface area is 79.0 Å². The summed E-state index contributed by atoms with van der Waals surface area (Å²) >= 11 is 0. The number of rotatable bonds is 5. The van der Waals surface area contributed by atoms with E-state index in [0.717, 1.165) is 13.0 Å². The van der Waals surface area contributed by atoms with Crippen LogP contribution in [0.2, 0.25) is 0 Å². The molecule has 0 fully saturated rings. The third kappa shape index (κ3) is 5.08. The van der Waals surface area contributed by atoms with Crippen LogP contribution >= 0.6 is 0 Å². The van der Waals surface area contributed by atoms with E-state index in [1.807, 2.05) is 6.92 Å². The molecule has 0 bridgehead atoms. The number of hydroxylamine groups is 2. The van der Waals surface area contributed by atoms with Gasteiger partial charge in [0.1, 0.15) is 5.84 Å². The molecule has 13 heavy (non-hydrogen) atoms. The second-order valence-electron chi connectivity index (χ2n) is 2.59. The Hall–Kier alpha value is -1.23. The van der Waals surface area contributed by atoms with Crippen molar-refractivity contribution in [1.82, 2.24) is 10.4 Å². The number of hydrogen-bond donors (Lipinski definition) is 3. The second kappa shape index (κ2) is 6.30. The lowest BCUT2D eigenvalue weighted by atomic mass is 10.4. The van der Waals surface area contributed by atoms with E-state index in [2.05, 4.69) is 5.32 Å². The molecule has 0 rings (SSSR count). The summed E-state index contributed by atoms with van der Waals surface area (Å²) < 4.78 is 0. The highest BCUT2D eigenvalue weighted by atomic mass is 16.7. The molecular weight excluding hydrogens is 168 g/mol. The van der Waals surface area contributed by atoms with Crippen molar-refractivity contribution < 1.29 is 4.84 Å². The van der Waals surface area contributed by atoms with Crippen molar-refractivity contribution in [1.29, 1.82) is 5.41 Å². The minimum atomic E-state index is 0.212. The summed E-state index contributed by atoms with van der Waals surface area (Å²) in [4.78, 5) is 4.80. The van der Waals surface area contributed by atoms with E-state index in [-0.39, 0.29) is 5.84 Å². The Morgan fingerprint density at radius 1 is 1.69 bits per heavy atom. The van der Waals surface area contributed by atoms with Gasteiger partial charge in [0.15, 0.2) is 0 Å². The first-order valence-electron chi connectivity index (χ1n) is 4.19. The van der Waals surface area contributed by atoms with Crippen LogP contribution in [0.1, 0.15) is 13.3 Å². The predicted molar refractivity (Wildman–Crippen MR) is 53.1 cm³/mol. The van der Waals surface area contributed by atoms with Gasteiger partial charge in [-0.3, -0.25) is 10.2 Å². The zero-order chi connectivity index (χ0) is 10.3. The first kappa shape index (κ1) is 11.8. The molecule has 0 unspecified atom stereocenters. The summed E-state index contributed by atoms with van der Waals surface area (Å²) in [6.45, 7) is 2.86. The Balaban J connectivity index is 3.98. The van der Waals surface area contributed by atoms with E-state index in [4.69, 9.17) is 16.0 Å². The van der Waals surface area contributed by atoms with Gasteiger partial charge in [-0.25, -0.2) is 5.06 Å². The highest BCUT2D eigenvalue weighted by molar-refractivity contribution is 5.89. The number of hydrogen-bond acceptors (Lipinski definition) is 4. The van der Waals surface area contributed by atoms with Crippen LogP contribution in [0.5, 0.6) is 0 Å². The fourth-order valence-corrected chi connectivity index (χ4v) is 0.657. The average molecular weight is 186 g/mol. The van der Waals surface area contributed by atoms with Crippen molar-refractivity contribution in [3.63, 3.8) is 0 Å². The van der Waals surface area contributed by atoms with Crippen molar-refractivity contribution in [3.05, 3.63) is 11.9 Å². The molecule has 0 aliphatic rings. The molecule has 0 aromatic rings. The third-order valence-electron chi connectivity index (χ3n) is 1.48. The number of likely N-dealkylation sites (N-methyl/N-ethyl adjacent to an activating group) is 1. The Bertz CT molecular complexity index is 191. The third-order valence-corrected chi connectivity index (χ3v) is 1.48. The Kier molecular flexibility index (Phi) is 5.71. The largest absolute Gasteiger partial charge is 0.385 e. The summed E-state index contributed by atoms with van der Waals surface area (Å²) in [5.74, 6) is 0.694. The van der Waals surface area contributed by atoms with Crippen LogP contribution < -0.4 is 11.1 Å². The molecule has 0 radical (unpaired) electrons. The van der Waals surface area contributed by atoms with Crippen LogP contribution in [0.3, 0.4) is 0 Å². The molecule has 0 heterocycles. The van der Waals surface area contributed by atoms with Crippen LogP contribution in [0.4, 0.5) is 0 Å². The van der Waals surface area contributed by atoms with Crippen molar-refractivity contribution in [2.75, 3.05) is 20.7 Å². The van der Waals surface area contributed by atoms with E-state index < -0.39 is 0 Å². The fraction of sp³-hybridized carbons (Fsp3) is 0.625. The minimum Gasteiger partial charge on any atom is -0.385 e. The monoisotopic (exact) mass is 186 g/mol. The van der Waals surface area contributed by atoms with Gasteiger partial charge in [-0.2, -0.15) is 0 Å². The van der Waals surface area contributed by atoms with Crippen LogP contribution in [-0.2, 0) is 4.84 Å². The maximum absolute atomic E-state index is 7.47. The lowest BCUT2D eigenvalue weighted by Crippen LogP contribution is -2.27. The number of amidine groups is 1. The maximum Gasteiger partial charge on any atom is 0.148 e. The molecule has 5 heteroatoms. The summed E-state index contributed by atoms with van der Waals surface area (Å²) in [7, 11) is 3.14. The van der Waals surface area contributed by atoms with E-state index in [0.29, 0.717) is 5.82 Å². The maximum atomic E-state index is 7.47. The van der Waals surface area contributed by atoms with Gasteiger partial charge < -0.3 is 11.1 Å². The second-order valence-corrected chi connectivity index (χ2v) is 2.59. The molecular formula is C8H18N4O. The highest BCUT2D eigenvalue weighted by Crippen LogP contribution is 1.88. The first-order valence-corrected chi connectivity index (χ1v) is 4.19. The molecule has 0 aromatic heterocycles. The molecule has 4 N–H and O–H groups in total. The van der Waals surface area contributed by atoms with Crippen LogP contribution in [0.15, 0.2) is 11.9 Å². The molecule has 0 amide bonds. The van der Waals surface area contributed by atoms with Crippen molar-refractivity contribution >= 4 is 5.84 Å². The van der Waals surface area contributed by atoms with E-state index >= 15 is 0 Å². The van der Waals surface area contributed by atoms with Gasteiger partial charge in [-0.1, -0.05) is 6.92 Å². The molecule has 0 saturated heterocycles. The lowest BCUT2D eigenvalue weighted by Gasteiger charge is -2.14. The summed E-state index contributed by atoms with van der Waals surface area (Å²) in [5, 5.41) is 11.7. The minimum absolute atomic E-state index is 0.212. The fourth-order valence-electron chi connectivity index (χ4n) is 0.657. The zero-order valence-corrected chi connectivity index (χ0v) is 8.42. The molecule has 0 aromatic carbocycles. The molecule has 0 spiro atoms. The molecule has 0 aliphatic heterocycles. The van der Waals surface area contributed by atoms with E-state index in [1.165, 1.54) is 18.2 Å². The standard InChI is InChI=1S/C8H18N4O/c1-4-5-11-7(9)6-8(10)12(2)13-3/h6,10-11H,4-5,9H2,1-3H3/b7-6+,10-8?. The van der Waals surface area contributed by atoms with Crippen molar-refractivity contribution in [2.24, 2.45) is 5.73 Å². The molecule has 0 saturated carbocycles. The van der Waals surface area contributed by atoms with Crippen molar-refractivity contribution in [2.45, 2.75) is 13.3 Å². The van der Waals surface area contributed by atoms with Crippen LogP contribution in [-0.4, -0.2) is 31.6 Å². The Morgan fingerprint density at radius 3 is 2.77 bits per heavy atom. The number of nitrogens with one attached hydrogen (secondary N) is 2. The van der Waals surface area contributed by atoms with Gasteiger partial charge >= 0.3 is 0 Å². The SMILES string of the molecule is CCCN/C(N)=C/C(=N)N(C)OC. The zero-order valence-electron chi connectivity index (χ0n) is 8.42. The van der Waals surface area contributed by atoms with Crippen molar-refractivity contribution in [3.8, 4) is 0 Å². The smallest absolute Gasteiger partial charge is 0.148 e.